The van der Waals surface area contributed by atoms with Crippen LogP contribution in [0.3, 0.4) is 0 Å². The molecule has 0 spiro atoms. The minimum absolute atomic E-state index is 0.102. The number of allylic oxidation sites excluding steroid dienone is 3. The van der Waals surface area contributed by atoms with E-state index in [9.17, 15) is 13.0 Å². The van der Waals surface area contributed by atoms with Crippen LogP contribution in [0, 0.1) is 23.7 Å². The molecule has 116 valence electrons. The molecule has 20 heavy (non-hydrogen) atoms. The third-order valence-corrected chi connectivity index (χ3v) is 5.47. The van der Waals surface area contributed by atoms with Crippen LogP contribution in [-0.4, -0.2) is 18.2 Å². The Bertz CT molecular complexity index is 522. The van der Waals surface area contributed by atoms with Gasteiger partial charge in [-0.05, 0) is 35.8 Å². The lowest BCUT2D eigenvalue weighted by atomic mass is 9.73. The molecule has 4 heteroatoms. The van der Waals surface area contributed by atoms with Gasteiger partial charge in [0.1, 0.15) is 5.25 Å². The fraction of sp³-hybridized carbons (Fsp3) is 0.750. The van der Waals surface area contributed by atoms with Gasteiger partial charge in [0.15, 0.2) is 0 Å². The Morgan fingerprint density at radius 2 is 1.55 bits per heavy atom. The zero-order valence-corrected chi connectivity index (χ0v) is 14.5. The lowest BCUT2D eigenvalue weighted by molar-refractivity contribution is 0.382. The van der Waals surface area contributed by atoms with Gasteiger partial charge in [-0.15, -0.1) is 0 Å². The van der Waals surface area contributed by atoms with Crippen molar-refractivity contribution < 1.29 is 13.0 Å². The first-order valence-corrected chi connectivity index (χ1v) is 8.87. The summed E-state index contributed by atoms with van der Waals surface area (Å²) in [5.41, 5.74) is 3.15. The highest BCUT2D eigenvalue weighted by Crippen LogP contribution is 2.42. The fourth-order valence-electron chi connectivity index (χ4n) is 3.33. The minimum Gasteiger partial charge on any atom is -0.285 e. The molecular weight excluding hydrogens is 272 g/mol. The third-order valence-electron chi connectivity index (χ3n) is 4.26. The van der Waals surface area contributed by atoms with Gasteiger partial charge in [-0.2, -0.15) is 8.42 Å². The van der Waals surface area contributed by atoms with Crippen molar-refractivity contribution in [1.82, 2.24) is 0 Å². The number of hydrogen-bond donors (Lipinski definition) is 1. The molecule has 0 saturated heterocycles. The van der Waals surface area contributed by atoms with Crippen molar-refractivity contribution in [2.75, 3.05) is 0 Å². The maximum atomic E-state index is 11.9. The summed E-state index contributed by atoms with van der Waals surface area (Å²) in [6.45, 7) is 14.3. The third kappa shape index (κ3) is 3.34. The Kier molecular flexibility index (Phi) is 5.25. The van der Waals surface area contributed by atoms with Crippen LogP contribution < -0.4 is 0 Å². The highest BCUT2D eigenvalue weighted by atomic mass is 32.2. The summed E-state index contributed by atoms with van der Waals surface area (Å²) in [5, 5.41) is -0.801. The van der Waals surface area contributed by atoms with Gasteiger partial charge in [0.25, 0.3) is 10.1 Å². The molecule has 0 bridgehead atoms. The monoisotopic (exact) mass is 300 g/mol. The molecule has 1 N–H and O–H groups in total. The van der Waals surface area contributed by atoms with Crippen LogP contribution in [0.25, 0.3) is 0 Å². The second-order valence-corrected chi connectivity index (χ2v) is 8.34. The van der Waals surface area contributed by atoms with E-state index in [4.69, 9.17) is 0 Å². The van der Waals surface area contributed by atoms with Crippen molar-refractivity contribution in [3.63, 3.8) is 0 Å². The van der Waals surface area contributed by atoms with E-state index in [1.165, 1.54) is 5.57 Å². The lowest BCUT2D eigenvalue weighted by Crippen LogP contribution is -2.39. The molecule has 0 aromatic carbocycles. The molecule has 1 aliphatic carbocycles. The molecule has 3 nitrogen and oxygen atoms in total. The van der Waals surface area contributed by atoms with Crippen molar-refractivity contribution in [3.05, 3.63) is 22.8 Å². The molecule has 0 fully saturated rings. The summed E-state index contributed by atoms with van der Waals surface area (Å²) >= 11 is 0. The molecule has 0 heterocycles. The van der Waals surface area contributed by atoms with E-state index in [1.807, 2.05) is 40.7 Å². The standard InChI is InChI=1S/C16H28O3S/c1-9(2)13-8-14(10(3)4)16(20(17,18)19)15(11(5)6)12(13)7/h8-11,15-16H,1-7H3,(H,17,18,19). The molecule has 0 saturated carbocycles. The second-order valence-electron chi connectivity index (χ2n) is 6.80. The highest BCUT2D eigenvalue weighted by molar-refractivity contribution is 7.86. The predicted octanol–water partition coefficient (Wildman–Crippen LogP) is 4.08. The summed E-state index contributed by atoms with van der Waals surface area (Å²) < 4.78 is 33.6. The Balaban J connectivity index is 3.57. The first kappa shape index (κ1) is 17.4. The van der Waals surface area contributed by atoms with E-state index in [2.05, 4.69) is 13.8 Å². The van der Waals surface area contributed by atoms with Gasteiger partial charge in [0.2, 0.25) is 0 Å². The Labute approximate surface area is 123 Å². The van der Waals surface area contributed by atoms with Gasteiger partial charge in [0.05, 0.1) is 0 Å². The van der Waals surface area contributed by atoms with Crippen LogP contribution in [0.2, 0.25) is 0 Å². The normalized spacial score (nSPS) is 24.9. The topological polar surface area (TPSA) is 54.4 Å². The zero-order valence-electron chi connectivity index (χ0n) is 13.6. The van der Waals surface area contributed by atoms with Crippen molar-refractivity contribution >= 4 is 10.1 Å². The van der Waals surface area contributed by atoms with E-state index in [1.54, 1.807) is 0 Å². The molecule has 0 aliphatic heterocycles. The van der Waals surface area contributed by atoms with Crippen molar-refractivity contribution in [3.8, 4) is 0 Å². The van der Waals surface area contributed by atoms with Crippen LogP contribution in [0.1, 0.15) is 48.5 Å². The summed E-state index contributed by atoms with van der Waals surface area (Å²) in [7, 11) is -4.10. The molecule has 0 aromatic heterocycles. The largest absolute Gasteiger partial charge is 0.285 e. The van der Waals surface area contributed by atoms with Crippen LogP contribution in [-0.2, 0) is 10.1 Å². The number of hydrogen-bond acceptors (Lipinski definition) is 2. The van der Waals surface area contributed by atoms with Gasteiger partial charge in [-0.3, -0.25) is 4.55 Å². The molecule has 0 aromatic rings. The average Bonchev–Trinajstić information content (AvgIpc) is 2.25. The van der Waals surface area contributed by atoms with Crippen molar-refractivity contribution in [2.45, 2.75) is 53.7 Å². The van der Waals surface area contributed by atoms with E-state index < -0.39 is 15.4 Å². The molecule has 2 atom stereocenters. The fourth-order valence-corrected chi connectivity index (χ4v) is 4.90. The summed E-state index contributed by atoms with van der Waals surface area (Å²) in [6.07, 6.45) is 2.00. The summed E-state index contributed by atoms with van der Waals surface area (Å²) in [4.78, 5) is 0. The first-order chi connectivity index (χ1) is 8.98. The van der Waals surface area contributed by atoms with E-state index in [0.717, 1.165) is 11.1 Å². The molecular formula is C16H28O3S. The van der Waals surface area contributed by atoms with E-state index in [0.29, 0.717) is 5.92 Å². The highest BCUT2D eigenvalue weighted by Gasteiger charge is 2.42. The van der Waals surface area contributed by atoms with Crippen molar-refractivity contribution in [1.29, 1.82) is 0 Å². The van der Waals surface area contributed by atoms with Crippen LogP contribution in [0.4, 0.5) is 0 Å². The molecule has 1 rings (SSSR count). The van der Waals surface area contributed by atoms with Gasteiger partial charge < -0.3 is 0 Å². The van der Waals surface area contributed by atoms with Gasteiger partial charge >= 0.3 is 0 Å². The smallest absolute Gasteiger partial charge is 0.272 e. The van der Waals surface area contributed by atoms with E-state index >= 15 is 0 Å². The van der Waals surface area contributed by atoms with E-state index in [-0.39, 0.29) is 17.8 Å². The predicted molar refractivity (Wildman–Crippen MR) is 84.1 cm³/mol. The second kappa shape index (κ2) is 6.02. The van der Waals surface area contributed by atoms with Crippen LogP contribution in [0.15, 0.2) is 22.8 Å². The summed E-state index contributed by atoms with van der Waals surface area (Å²) in [5.74, 6) is 0.472. The summed E-state index contributed by atoms with van der Waals surface area (Å²) in [6, 6.07) is 0. The molecule has 0 radical (unpaired) electrons. The molecule has 1 aliphatic rings. The maximum Gasteiger partial charge on any atom is 0.272 e. The SMILES string of the molecule is CC1=C(C(C)C)C=C(C(C)C)C(S(=O)(=O)O)C1C(C)C. The zero-order chi connectivity index (χ0) is 15.8. The van der Waals surface area contributed by atoms with Gasteiger partial charge in [-0.1, -0.05) is 53.2 Å². The Morgan fingerprint density at radius 3 is 1.85 bits per heavy atom. The number of rotatable bonds is 4. The molecule has 0 amide bonds. The quantitative estimate of drug-likeness (QED) is 0.796. The van der Waals surface area contributed by atoms with Gasteiger partial charge in [-0.25, -0.2) is 0 Å². The maximum absolute atomic E-state index is 11.9. The van der Waals surface area contributed by atoms with Crippen LogP contribution >= 0.6 is 0 Å². The lowest BCUT2D eigenvalue weighted by Gasteiger charge is -2.38. The Morgan fingerprint density at radius 1 is 1.05 bits per heavy atom. The first-order valence-electron chi connectivity index (χ1n) is 7.36. The van der Waals surface area contributed by atoms with Gasteiger partial charge in [0, 0.05) is 5.92 Å². The molecule has 2 unspecified atom stereocenters. The van der Waals surface area contributed by atoms with Crippen LogP contribution in [0.5, 0.6) is 0 Å². The Hall–Kier alpha value is -0.610. The minimum atomic E-state index is -4.10. The van der Waals surface area contributed by atoms with Crippen molar-refractivity contribution in [2.24, 2.45) is 23.7 Å². The average molecular weight is 300 g/mol.